The average Bonchev–Trinajstić information content (AvgIpc) is 3.48. The summed E-state index contributed by atoms with van der Waals surface area (Å²) in [4.78, 5) is 21.1. The summed E-state index contributed by atoms with van der Waals surface area (Å²) in [5.74, 6) is 1.72. The van der Waals surface area contributed by atoms with Gasteiger partial charge in [-0.3, -0.25) is 4.98 Å². The van der Waals surface area contributed by atoms with E-state index < -0.39 is 0 Å². The van der Waals surface area contributed by atoms with Gasteiger partial charge in [0, 0.05) is 28.5 Å². The zero-order valence-corrected chi connectivity index (χ0v) is 39.3. The van der Waals surface area contributed by atoms with Gasteiger partial charge in [0.1, 0.15) is 0 Å². The van der Waals surface area contributed by atoms with Gasteiger partial charge in [-0.2, -0.15) is 0 Å². The van der Waals surface area contributed by atoms with Gasteiger partial charge < -0.3 is 0 Å². The van der Waals surface area contributed by atoms with Crippen LogP contribution in [-0.4, -0.2) is 19.9 Å². The molecule has 0 spiro atoms. The van der Waals surface area contributed by atoms with Gasteiger partial charge in [0.05, 0.1) is 5.69 Å². The van der Waals surface area contributed by atoms with E-state index >= 15 is 0 Å². The van der Waals surface area contributed by atoms with Crippen molar-refractivity contribution in [3.8, 4) is 123 Å². The number of hydrogen-bond donors (Lipinski definition) is 0. The van der Waals surface area contributed by atoms with Gasteiger partial charge in [0.25, 0.3) is 0 Å². The van der Waals surface area contributed by atoms with E-state index in [4.69, 9.17) is 19.9 Å². The third kappa shape index (κ3) is 8.59. The molecular weight excluding hydrogens is 873 g/mol. The molecule has 338 valence electrons. The molecule has 0 bridgehead atoms. The maximum atomic E-state index is 5.46. The van der Waals surface area contributed by atoms with Crippen LogP contribution < -0.4 is 0 Å². The summed E-state index contributed by atoms with van der Waals surface area (Å²) in [5, 5.41) is 0. The smallest absolute Gasteiger partial charge is 0.164 e. The fraction of sp³-hybridized carbons (Fsp3) is 0. The van der Waals surface area contributed by atoms with E-state index in [0.717, 1.165) is 106 Å². The lowest BCUT2D eigenvalue weighted by molar-refractivity contribution is 1.07. The third-order valence-corrected chi connectivity index (χ3v) is 13.2. The van der Waals surface area contributed by atoms with Gasteiger partial charge >= 0.3 is 0 Å². The minimum absolute atomic E-state index is 0.552. The highest BCUT2D eigenvalue weighted by Gasteiger charge is 2.30. The van der Waals surface area contributed by atoms with Gasteiger partial charge in [0.2, 0.25) is 0 Å². The van der Waals surface area contributed by atoms with Crippen LogP contribution in [0.15, 0.2) is 279 Å². The van der Waals surface area contributed by atoms with E-state index in [1.807, 2.05) is 42.6 Å². The minimum atomic E-state index is 0.552. The van der Waals surface area contributed by atoms with Crippen molar-refractivity contribution in [1.82, 2.24) is 19.9 Å². The highest BCUT2D eigenvalue weighted by atomic mass is 15.0. The van der Waals surface area contributed by atoms with Crippen molar-refractivity contribution in [3.05, 3.63) is 279 Å². The SMILES string of the molecule is c1ccc(-c2nc(-c3cc(-c4ccccn4)cc(-c4c(-c5ccccc5)c(-c5ccccc5)c(-c5ccccc5)c(-c5ccccc5)c4-c4ccccc4)c3)nc(-c3ccccc3-c3ccccc3)n2)cc1. The van der Waals surface area contributed by atoms with Crippen LogP contribution in [0.25, 0.3) is 123 Å². The molecule has 4 nitrogen and oxygen atoms in total. The molecule has 72 heavy (non-hydrogen) atoms. The molecule has 2 heterocycles. The number of pyridine rings is 1. The van der Waals surface area contributed by atoms with Crippen LogP contribution in [0.2, 0.25) is 0 Å². The Morgan fingerprint density at radius 2 is 0.500 bits per heavy atom. The Morgan fingerprint density at radius 1 is 0.194 bits per heavy atom. The molecule has 0 amide bonds. The van der Waals surface area contributed by atoms with Crippen molar-refractivity contribution in [2.75, 3.05) is 0 Å². The zero-order chi connectivity index (χ0) is 48.1. The topological polar surface area (TPSA) is 51.6 Å². The van der Waals surface area contributed by atoms with Crippen molar-refractivity contribution in [2.24, 2.45) is 0 Å². The number of rotatable bonds is 11. The number of nitrogens with zero attached hydrogens (tertiary/aromatic N) is 4. The van der Waals surface area contributed by atoms with Crippen molar-refractivity contribution in [3.63, 3.8) is 0 Å². The van der Waals surface area contributed by atoms with E-state index in [1.54, 1.807) is 0 Å². The minimum Gasteiger partial charge on any atom is -0.256 e. The number of benzene rings is 10. The number of hydrogen-bond acceptors (Lipinski definition) is 4. The van der Waals surface area contributed by atoms with Crippen LogP contribution in [0.1, 0.15) is 0 Å². The summed E-state index contributed by atoms with van der Waals surface area (Å²) in [6, 6.07) is 96.2. The van der Waals surface area contributed by atoms with Crippen molar-refractivity contribution in [1.29, 1.82) is 0 Å². The summed E-state index contributed by atoms with van der Waals surface area (Å²) < 4.78 is 0. The first kappa shape index (κ1) is 43.6. The molecule has 4 heteroatoms. The molecule has 10 aromatic carbocycles. The second-order valence-electron chi connectivity index (χ2n) is 17.7. The van der Waals surface area contributed by atoms with Crippen LogP contribution in [0.3, 0.4) is 0 Å². The van der Waals surface area contributed by atoms with E-state index in [2.05, 4.69) is 237 Å². The summed E-state index contributed by atoms with van der Waals surface area (Å²) in [6.07, 6.45) is 1.86. The first-order valence-corrected chi connectivity index (χ1v) is 24.3. The molecule has 12 rings (SSSR count). The lowest BCUT2D eigenvalue weighted by Gasteiger charge is -2.29. The summed E-state index contributed by atoms with van der Waals surface area (Å²) >= 11 is 0. The van der Waals surface area contributed by atoms with Crippen LogP contribution >= 0.6 is 0 Å². The van der Waals surface area contributed by atoms with Crippen LogP contribution in [0, 0.1) is 0 Å². The molecule has 0 fully saturated rings. The van der Waals surface area contributed by atoms with Crippen LogP contribution in [0.5, 0.6) is 0 Å². The summed E-state index contributed by atoms with van der Waals surface area (Å²) in [5.41, 5.74) is 19.8. The van der Waals surface area contributed by atoms with Crippen LogP contribution in [-0.2, 0) is 0 Å². The van der Waals surface area contributed by atoms with Gasteiger partial charge in [-0.25, -0.2) is 15.0 Å². The van der Waals surface area contributed by atoms with E-state index in [9.17, 15) is 0 Å². The predicted molar refractivity (Wildman–Crippen MR) is 297 cm³/mol. The molecule has 0 N–H and O–H groups in total. The average molecular weight is 919 g/mol. The molecule has 0 atom stereocenters. The van der Waals surface area contributed by atoms with Gasteiger partial charge in [-0.1, -0.05) is 243 Å². The molecule has 0 aliphatic heterocycles. The molecular formula is C68H46N4. The molecule has 0 unspecified atom stereocenters. The highest BCUT2D eigenvalue weighted by Crippen LogP contribution is 2.56. The van der Waals surface area contributed by atoms with Gasteiger partial charge in [-0.05, 0) is 108 Å². The Hall–Kier alpha value is -9.64. The largest absolute Gasteiger partial charge is 0.256 e. The molecule has 2 aromatic heterocycles. The lowest BCUT2D eigenvalue weighted by Crippen LogP contribution is -2.03. The second-order valence-corrected chi connectivity index (χ2v) is 17.7. The first-order valence-electron chi connectivity index (χ1n) is 24.3. The highest BCUT2D eigenvalue weighted by molar-refractivity contribution is 6.15. The van der Waals surface area contributed by atoms with Gasteiger partial charge in [-0.15, -0.1) is 0 Å². The number of aromatic nitrogens is 4. The van der Waals surface area contributed by atoms with Crippen molar-refractivity contribution in [2.45, 2.75) is 0 Å². The van der Waals surface area contributed by atoms with Gasteiger partial charge in [0.15, 0.2) is 17.5 Å². The third-order valence-electron chi connectivity index (χ3n) is 13.2. The van der Waals surface area contributed by atoms with E-state index in [1.165, 1.54) is 0 Å². The zero-order valence-electron chi connectivity index (χ0n) is 39.3. The van der Waals surface area contributed by atoms with Crippen molar-refractivity contribution >= 4 is 0 Å². The fourth-order valence-corrected chi connectivity index (χ4v) is 9.98. The molecule has 12 aromatic rings. The normalized spacial score (nSPS) is 11.1. The maximum Gasteiger partial charge on any atom is 0.164 e. The Kier molecular flexibility index (Phi) is 12.0. The van der Waals surface area contributed by atoms with E-state index in [0.29, 0.717) is 17.5 Å². The Morgan fingerprint density at radius 3 is 0.917 bits per heavy atom. The Balaban J connectivity index is 1.25. The lowest BCUT2D eigenvalue weighted by atomic mass is 9.74. The first-order chi connectivity index (χ1) is 35.7. The fourth-order valence-electron chi connectivity index (χ4n) is 9.98. The molecule has 0 radical (unpaired) electrons. The second kappa shape index (κ2) is 19.8. The molecule has 0 aliphatic rings. The quantitative estimate of drug-likeness (QED) is 0.130. The maximum absolute atomic E-state index is 5.46. The predicted octanol–water partition coefficient (Wildman–Crippen LogP) is 17.6. The molecule has 0 saturated carbocycles. The molecule has 0 aliphatic carbocycles. The molecule has 0 saturated heterocycles. The van der Waals surface area contributed by atoms with Crippen LogP contribution in [0.4, 0.5) is 0 Å². The Bertz CT molecular complexity index is 3690. The standard InChI is InChI=1S/C68H46N4/c1-8-26-47(27-9-1)57-40-22-23-41-58(57)68-71-66(53-38-20-7-21-39-53)70-67(72-68)56-45-54(59-42-24-25-43-69-59)44-55(46-56)65-63(51-34-16-5-17-35-51)61(49-30-12-3-13-31-49)60(48-28-10-2-11-29-48)62(50-32-14-4-15-33-50)64(65)52-36-18-6-19-37-52/h1-46H. The summed E-state index contributed by atoms with van der Waals surface area (Å²) in [7, 11) is 0. The van der Waals surface area contributed by atoms with Crippen molar-refractivity contribution < 1.29 is 0 Å². The Labute approximate surface area is 420 Å². The monoisotopic (exact) mass is 918 g/mol. The summed E-state index contributed by atoms with van der Waals surface area (Å²) in [6.45, 7) is 0. The van der Waals surface area contributed by atoms with E-state index in [-0.39, 0.29) is 0 Å².